The van der Waals surface area contributed by atoms with Gasteiger partial charge in [0.05, 0.1) is 23.9 Å². The first-order chi connectivity index (χ1) is 17.3. The number of nitrogens with zero attached hydrogens (tertiary/aromatic N) is 7. The van der Waals surface area contributed by atoms with Crippen LogP contribution in [0.5, 0.6) is 0 Å². The Morgan fingerprint density at radius 3 is 2.83 bits per heavy atom. The van der Waals surface area contributed by atoms with Crippen LogP contribution in [0.1, 0.15) is 21.6 Å². The molecular formula is C24H30N8O4. The highest BCUT2D eigenvalue weighted by molar-refractivity contribution is 5.80. The summed E-state index contributed by atoms with van der Waals surface area (Å²) in [5.74, 6) is 0.752. The normalized spacial score (nSPS) is 17.4. The number of likely N-dealkylation sites (N-methyl/N-ethyl adjacent to an activating group) is 1. The minimum Gasteiger partial charge on any atom is -0.378 e. The number of methoxy groups -OCH3 is 1. The highest BCUT2D eigenvalue weighted by Crippen LogP contribution is 2.28. The molecule has 2 aliphatic rings. The van der Waals surface area contributed by atoms with Gasteiger partial charge in [-0.25, -0.2) is 9.97 Å². The Kier molecular flexibility index (Phi) is 7.64. The number of nitrogens with one attached hydrogen (secondary N) is 1. The van der Waals surface area contributed by atoms with Gasteiger partial charge in [0.1, 0.15) is 23.4 Å². The smallest absolute Gasteiger partial charge is 0.237 e. The van der Waals surface area contributed by atoms with Crippen LogP contribution in [0.25, 0.3) is 0 Å². The Morgan fingerprint density at radius 1 is 1.39 bits per heavy atom. The second kappa shape index (κ2) is 10.9. The number of aliphatic hydroxyl groups is 1. The van der Waals surface area contributed by atoms with Crippen molar-refractivity contribution in [3.63, 3.8) is 0 Å². The van der Waals surface area contributed by atoms with E-state index in [1.165, 1.54) is 11.1 Å². The third kappa shape index (κ3) is 5.38. The largest absolute Gasteiger partial charge is 0.378 e. The molecule has 0 radical (unpaired) electrons. The van der Waals surface area contributed by atoms with Crippen LogP contribution in [0.2, 0.25) is 0 Å². The lowest BCUT2D eigenvalue weighted by atomic mass is 10.1. The highest BCUT2D eigenvalue weighted by Gasteiger charge is 2.29. The quantitative estimate of drug-likeness (QED) is 0.362. The first kappa shape index (κ1) is 25.3. The maximum Gasteiger partial charge on any atom is 0.237 e. The molecule has 2 N–H and O–H groups in total. The minimum absolute atomic E-state index is 0.00618. The molecule has 4 heterocycles. The van der Waals surface area contributed by atoms with Gasteiger partial charge in [-0.15, -0.1) is 0 Å². The molecule has 1 unspecified atom stereocenters. The number of anilines is 3. The first-order valence-corrected chi connectivity index (χ1v) is 11.6. The van der Waals surface area contributed by atoms with Crippen molar-refractivity contribution < 1.29 is 19.4 Å². The summed E-state index contributed by atoms with van der Waals surface area (Å²) in [6.07, 6.45) is 1.02. The van der Waals surface area contributed by atoms with Gasteiger partial charge in [0.15, 0.2) is 6.29 Å². The summed E-state index contributed by atoms with van der Waals surface area (Å²) in [5, 5.41) is 23.1. The van der Waals surface area contributed by atoms with E-state index in [2.05, 4.69) is 21.4 Å². The van der Waals surface area contributed by atoms with E-state index in [9.17, 15) is 20.0 Å². The van der Waals surface area contributed by atoms with E-state index in [0.29, 0.717) is 67.5 Å². The van der Waals surface area contributed by atoms with Crippen LogP contribution in [0.3, 0.4) is 0 Å². The van der Waals surface area contributed by atoms with E-state index >= 15 is 0 Å². The molecule has 1 amide bonds. The second-order valence-corrected chi connectivity index (χ2v) is 8.97. The van der Waals surface area contributed by atoms with Gasteiger partial charge in [-0.2, -0.15) is 5.26 Å². The van der Waals surface area contributed by atoms with Gasteiger partial charge in [0.25, 0.3) is 0 Å². The standard InChI is InChI=1S/C24H30N8O4/c1-29-6-7-31(23(34)14-29)11-16-4-5-22(27-19(16)15-33)30(2)24(35)28-21-8-20(17(9-25)10-26-21)32-12-18(13-32)36-3/h4-5,8,10,15,18,24,35H,6-7,11-14H2,1-3H3,(H,26,28). The summed E-state index contributed by atoms with van der Waals surface area (Å²) >= 11 is 0. The SMILES string of the molecule is COC1CN(c2cc(NC(O)N(C)c3ccc(CN4CCN(C)CC4=O)c(C=O)n3)ncc2C#N)C1. The molecule has 0 saturated carbocycles. The van der Waals surface area contributed by atoms with Gasteiger partial charge < -0.3 is 29.9 Å². The van der Waals surface area contributed by atoms with E-state index in [1.807, 2.05) is 16.8 Å². The topological polar surface area (TPSA) is 138 Å². The predicted octanol–water partition coefficient (Wildman–Crippen LogP) is 0.0940. The molecule has 0 spiro atoms. The van der Waals surface area contributed by atoms with Crippen molar-refractivity contribution in [3.8, 4) is 6.07 Å². The number of amides is 1. The number of nitriles is 1. The van der Waals surface area contributed by atoms with Gasteiger partial charge in [-0.1, -0.05) is 6.07 Å². The van der Waals surface area contributed by atoms with E-state index in [1.54, 1.807) is 37.3 Å². The molecule has 190 valence electrons. The molecule has 36 heavy (non-hydrogen) atoms. The zero-order valence-corrected chi connectivity index (χ0v) is 20.6. The number of ether oxygens (including phenoxy) is 1. The van der Waals surface area contributed by atoms with Crippen molar-refractivity contribution in [3.05, 3.63) is 41.2 Å². The average Bonchev–Trinajstić information content (AvgIpc) is 2.85. The number of aldehydes is 1. The third-order valence-corrected chi connectivity index (χ3v) is 6.51. The third-order valence-electron chi connectivity index (χ3n) is 6.51. The van der Waals surface area contributed by atoms with Crippen LogP contribution in [0.15, 0.2) is 24.4 Å². The van der Waals surface area contributed by atoms with Crippen molar-refractivity contribution in [2.24, 2.45) is 0 Å². The van der Waals surface area contributed by atoms with E-state index in [4.69, 9.17) is 4.74 Å². The molecule has 2 aromatic heterocycles. The molecule has 2 fully saturated rings. The molecule has 12 heteroatoms. The molecule has 12 nitrogen and oxygen atoms in total. The van der Waals surface area contributed by atoms with Crippen LogP contribution < -0.4 is 15.1 Å². The predicted molar refractivity (Wildman–Crippen MR) is 133 cm³/mol. The molecule has 0 bridgehead atoms. The Labute approximate surface area is 209 Å². The number of aromatic nitrogens is 2. The van der Waals surface area contributed by atoms with Gasteiger partial charge in [0, 0.05) is 64.7 Å². The number of hydrogen-bond acceptors (Lipinski definition) is 11. The van der Waals surface area contributed by atoms with Gasteiger partial charge in [0.2, 0.25) is 12.3 Å². The molecule has 2 aliphatic heterocycles. The molecule has 1 atom stereocenters. The summed E-state index contributed by atoms with van der Waals surface area (Å²) < 4.78 is 5.31. The van der Waals surface area contributed by atoms with Crippen molar-refractivity contribution in [1.82, 2.24) is 19.8 Å². The van der Waals surface area contributed by atoms with Gasteiger partial charge in [-0.05, 0) is 13.1 Å². The Balaban J connectivity index is 1.45. The number of carbonyl (C=O) groups is 2. The fourth-order valence-corrected chi connectivity index (χ4v) is 4.13. The fraction of sp³-hybridized carbons (Fsp3) is 0.458. The highest BCUT2D eigenvalue weighted by atomic mass is 16.5. The zero-order valence-electron chi connectivity index (χ0n) is 20.6. The van der Waals surface area contributed by atoms with Crippen LogP contribution in [0, 0.1) is 11.3 Å². The van der Waals surface area contributed by atoms with E-state index in [-0.39, 0.29) is 17.7 Å². The van der Waals surface area contributed by atoms with Crippen LogP contribution in [-0.2, 0) is 16.1 Å². The monoisotopic (exact) mass is 494 g/mol. The molecule has 4 rings (SSSR count). The number of aliphatic hydroxyl groups excluding tert-OH is 1. The zero-order chi connectivity index (χ0) is 25.8. The van der Waals surface area contributed by atoms with Crippen molar-refractivity contribution in [2.75, 3.05) is 69.0 Å². The number of pyridine rings is 2. The van der Waals surface area contributed by atoms with Crippen molar-refractivity contribution >= 4 is 29.5 Å². The Bertz CT molecular complexity index is 1160. The lowest BCUT2D eigenvalue weighted by Gasteiger charge is -2.40. The summed E-state index contributed by atoms with van der Waals surface area (Å²) in [5.41, 5.74) is 2.00. The van der Waals surface area contributed by atoms with E-state index < -0.39 is 6.35 Å². The summed E-state index contributed by atoms with van der Waals surface area (Å²) in [6, 6.07) is 7.29. The number of carbonyl (C=O) groups excluding carboxylic acids is 2. The number of hydrogen-bond donors (Lipinski definition) is 2. The summed E-state index contributed by atoms with van der Waals surface area (Å²) in [6.45, 7) is 3.34. The molecular weight excluding hydrogens is 464 g/mol. The second-order valence-electron chi connectivity index (χ2n) is 8.97. The molecule has 0 aliphatic carbocycles. The van der Waals surface area contributed by atoms with E-state index in [0.717, 1.165) is 6.54 Å². The summed E-state index contributed by atoms with van der Waals surface area (Å²) in [4.78, 5) is 39.8. The van der Waals surface area contributed by atoms with Gasteiger partial charge in [-0.3, -0.25) is 14.5 Å². The lowest BCUT2D eigenvalue weighted by Crippen LogP contribution is -2.52. The Morgan fingerprint density at radius 2 is 2.17 bits per heavy atom. The van der Waals surface area contributed by atoms with Crippen LogP contribution in [-0.4, -0.2) is 103 Å². The average molecular weight is 495 g/mol. The maximum absolute atomic E-state index is 12.3. The fourth-order valence-electron chi connectivity index (χ4n) is 4.13. The van der Waals surface area contributed by atoms with Crippen LogP contribution >= 0.6 is 0 Å². The number of rotatable bonds is 9. The molecule has 2 saturated heterocycles. The van der Waals surface area contributed by atoms with Crippen LogP contribution in [0.4, 0.5) is 17.3 Å². The lowest BCUT2D eigenvalue weighted by molar-refractivity contribution is -0.136. The van der Waals surface area contributed by atoms with Crippen molar-refractivity contribution in [2.45, 2.75) is 19.0 Å². The molecule has 0 aromatic carbocycles. The van der Waals surface area contributed by atoms with Crippen molar-refractivity contribution in [1.29, 1.82) is 5.26 Å². The first-order valence-electron chi connectivity index (χ1n) is 11.6. The molecule has 2 aromatic rings. The minimum atomic E-state index is -1.21. The Hall–Kier alpha value is -3.79. The summed E-state index contributed by atoms with van der Waals surface area (Å²) in [7, 11) is 5.18. The number of piperazine rings is 1. The van der Waals surface area contributed by atoms with Gasteiger partial charge >= 0.3 is 0 Å². The maximum atomic E-state index is 12.3.